The van der Waals surface area contributed by atoms with Crippen LogP contribution in [0, 0.1) is 11.3 Å². The summed E-state index contributed by atoms with van der Waals surface area (Å²) in [6.07, 6.45) is 4.32. The lowest BCUT2D eigenvalue weighted by atomic mass is 9.67. The molecule has 3 atom stereocenters. The van der Waals surface area contributed by atoms with E-state index in [-0.39, 0.29) is 18.1 Å². The Morgan fingerprint density at radius 1 is 1.35 bits per heavy atom. The summed E-state index contributed by atoms with van der Waals surface area (Å²) >= 11 is 0. The zero-order valence-electron chi connectivity index (χ0n) is 12.1. The molecule has 108 valence electrons. The van der Waals surface area contributed by atoms with E-state index in [1.807, 2.05) is 12.1 Å². The minimum Gasteiger partial charge on any atom is -0.497 e. The number of methoxy groups -OCH3 is 1. The maximum atomic E-state index is 9.68. The van der Waals surface area contributed by atoms with Gasteiger partial charge in [-0.1, -0.05) is 23.8 Å². The molecule has 20 heavy (non-hydrogen) atoms. The Labute approximate surface area is 120 Å². The van der Waals surface area contributed by atoms with Crippen LogP contribution in [0.1, 0.15) is 31.4 Å². The highest BCUT2D eigenvalue weighted by atomic mass is 16.5. The SMILES string of the molecule is COc1ccc([C@H]2OC[C@]3(CO)CC=C(C)[C@@H]2C3)cc1. The molecule has 1 aliphatic carbocycles. The lowest BCUT2D eigenvalue weighted by Crippen LogP contribution is -2.43. The van der Waals surface area contributed by atoms with Gasteiger partial charge in [-0.2, -0.15) is 0 Å². The van der Waals surface area contributed by atoms with Gasteiger partial charge in [-0.25, -0.2) is 0 Å². The van der Waals surface area contributed by atoms with Crippen molar-refractivity contribution in [2.24, 2.45) is 11.3 Å². The fraction of sp³-hybridized carbons (Fsp3) is 0.529. The van der Waals surface area contributed by atoms with Crippen LogP contribution >= 0.6 is 0 Å². The molecule has 1 aromatic rings. The van der Waals surface area contributed by atoms with Crippen molar-refractivity contribution in [2.75, 3.05) is 20.3 Å². The molecule has 3 heteroatoms. The van der Waals surface area contributed by atoms with Gasteiger partial charge in [0.1, 0.15) is 5.75 Å². The van der Waals surface area contributed by atoms with E-state index in [9.17, 15) is 5.11 Å². The first kappa shape index (κ1) is 13.7. The summed E-state index contributed by atoms with van der Waals surface area (Å²) in [7, 11) is 1.68. The van der Waals surface area contributed by atoms with E-state index >= 15 is 0 Å². The summed E-state index contributed by atoms with van der Waals surface area (Å²) in [5.74, 6) is 1.24. The average Bonchev–Trinajstić information content (AvgIpc) is 2.52. The van der Waals surface area contributed by atoms with Crippen molar-refractivity contribution in [3.05, 3.63) is 41.5 Å². The third kappa shape index (κ3) is 2.25. The molecule has 3 rings (SSSR count). The van der Waals surface area contributed by atoms with Gasteiger partial charge in [0.2, 0.25) is 0 Å². The minimum atomic E-state index is -0.0624. The molecule has 0 aromatic heterocycles. The van der Waals surface area contributed by atoms with Gasteiger partial charge in [-0.3, -0.25) is 0 Å². The van der Waals surface area contributed by atoms with E-state index in [2.05, 4.69) is 25.1 Å². The molecule has 1 N–H and O–H groups in total. The molecule has 1 saturated heterocycles. The first-order valence-corrected chi connectivity index (χ1v) is 7.20. The average molecular weight is 274 g/mol. The molecule has 1 aliphatic heterocycles. The van der Waals surface area contributed by atoms with Gasteiger partial charge >= 0.3 is 0 Å². The number of rotatable bonds is 3. The van der Waals surface area contributed by atoms with Crippen LogP contribution in [0.15, 0.2) is 35.9 Å². The number of allylic oxidation sites excluding steroid dienone is 1. The van der Waals surface area contributed by atoms with Crippen LogP contribution in [-0.2, 0) is 4.74 Å². The van der Waals surface area contributed by atoms with Crippen LogP contribution in [-0.4, -0.2) is 25.4 Å². The summed E-state index contributed by atoms with van der Waals surface area (Å²) < 4.78 is 11.3. The van der Waals surface area contributed by atoms with Crippen LogP contribution < -0.4 is 4.74 Å². The molecular formula is C17H22O3. The summed E-state index contributed by atoms with van der Waals surface area (Å²) in [6, 6.07) is 8.12. The summed E-state index contributed by atoms with van der Waals surface area (Å²) in [4.78, 5) is 0. The van der Waals surface area contributed by atoms with E-state index in [0.29, 0.717) is 12.5 Å². The van der Waals surface area contributed by atoms with Crippen LogP contribution in [0.3, 0.4) is 0 Å². The molecule has 0 radical (unpaired) electrons. The molecule has 0 spiro atoms. The van der Waals surface area contributed by atoms with Gasteiger partial charge in [0.15, 0.2) is 0 Å². The molecular weight excluding hydrogens is 252 g/mol. The quantitative estimate of drug-likeness (QED) is 0.861. The highest BCUT2D eigenvalue weighted by Crippen LogP contribution is 2.50. The van der Waals surface area contributed by atoms with Crippen LogP contribution in [0.5, 0.6) is 5.75 Å². The summed E-state index contributed by atoms with van der Waals surface area (Å²) in [5, 5.41) is 9.68. The maximum absolute atomic E-state index is 9.68. The largest absolute Gasteiger partial charge is 0.497 e. The molecule has 0 amide bonds. The van der Waals surface area contributed by atoms with Gasteiger partial charge in [0.05, 0.1) is 26.4 Å². The van der Waals surface area contributed by atoms with Crippen molar-refractivity contribution in [3.8, 4) is 5.75 Å². The molecule has 1 aromatic carbocycles. The highest BCUT2D eigenvalue weighted by Gasteiger charge is 2.44. The van der Waals surface area contributed by atoms with Crippen molar-refractivity contribution in [1.82, 2.24) is 0 Å². The predicted molar refractivity (Wildman–Crippen MR) is 77.7 cm³/mol. The van der Waals surface area contributed by atoms with Crippen molar-refractivity contribution in [3.63, 3.8) is 0 Å². The van der Waals surface area contributed by atoms with Gasteiger partial charge < -0.3 is 14.6 Å². The zero-order valence-corrected chi connectivity index (χ0v) is 12.1. The smallest absolute Gasteiger partial charge is 0.118 e. The topological polar surface area (TPSA) is 38.7 Å². The van der Waals surface area contributed by atoms with Gasteiger partial charge in [-0.15, -0.1) is 0 Å². The Morgan fingerprint density at radius 3 is 2.75 bits per heavy atom. The van der Waals surface area contributed by atoms with E-state index < -0.39 is 0 Å². The summed E-state index contributed by atoms with van der Waals surface area (Å²) in [5.41, 5.74) is 2.51. The fourth-order valence-electron chi connectivity index (χ4n) is 3.38. The first-order chi connectivity index (χ1) is 9.67. The molecule has 2 bridgehead atoms. The number of fused-ring (bicyclic) bond motifs is 2. The number of aliphatic hydroxyl groups excluding tert-OH is 1. The van der Waals surface area contributed by atoms with E-state index in [0.717, 1.165) is 18.6 Å². The number of hydrogen-bond acceptors (Lipinski definition) is 3. The lowest BCUT2D eigenvalue weighted by molar-refractivity contribution is -0.113. The fourth-order valence-corrected chi connectivity index (χ4v) is 3.38. The second-order valence-electron chi connectivity index (χ2n) is 6.13. The molecule has 1 heterocycles. The normalized spacial score (nSPS) is 32.6. The number of hydrogen-bond donors (Lipinski definition) is 1. The molecule has 0 saturated carbocycles. The Hall–Kier alpha value is -1.32. The second kappa shape index (κ2) is 5.23. The van der Waals surface area contributed by atoms with Gasteiger partial charge in [-0.05, 0) is 37.5 Å². The monoisotopic (exact) mass is 274 g/mol. The lowest BCUT2D eigenvalue weighted by Gasteiger charge is -2.47. The van der Waals surface area contributed by atoms with Crippen molar-refractivity contribution >= 4 is 0 Å². The van der Waals surface area contributed by atoms with E-state index in [1.54, 1.807) is 7.11 Å². The molecule has 1 fully saturated rings. The summed E-state index contributed by atoms with van der Waals surface area (Å²) in [6.45, 7) is 3.03. The van der Waals surface area contributed by atoms with Gasteiger partial charge in [0.25, 0.3) is 0 Å². The second-order valence-corrected chi connectivity index (χ2v) is 6.13. The first-order valence-electron chi connectivity index (χ1n) is 7.20. The third-order valence-corrected chi connectivity index (χ3v) is 4.81. The molecule has 2 aliphatic rings. The van der Waals surface area contributed by atoms with Crippen LogP contribution in [0.2, 0.25) is 0 Å². The highest BCUT2D eigenvalue weighted by molar-refractivity contribution is 5.31. The van der Waals surface area contributed by atoms with Crippen molar-refractivity contribution in [2.45, 2.75) is 25.9 Å². The Bertz CT molecular complexity index is 505. The van der Waals surface area contributed by atoms with Crippen molar-refractivity contribution < 1.29 is 14.6 Å². The van der Waals surface area contributed by atoms with Crippen LogP contribution in [0.4, 0.5) is 0 Å². The standard InChI is InChI=1S/C17H22O3/c1-12-7-8-17(10-18)9-15(12)16(20-11-17)13-3-5-14(19-2)6-4-13/h3-7,15-16,18H,8-11H2,1-2H3/t15-,16+,17+/m0/s1. The molecule has 3 nitrogen and oxygen atoms in total. The zero-order chi connectivity index (χ0) is 14.2. The molecule has 0 unspecified atom stereocenters. The van der Waals surface area contributed by atoms with Gasteiger partial charge in [0, 0.05) is 11.3 Å². The minimum absolute atomic E-state index is 0.0624. The van der Waals surface area contributed by atoms with E-state index in [4.69, 9.17) is 9.47 Å². The Kier molecular flexibility index (Phi) is 3.57. The third-order valence-electron chi connectivity index (χ3n) is 4.81. The number of benzene rings is 1. The van der Waals surface area contributed by atoms with Crippen molar-refractivity contribution in [1.29, 1.82) is 0 Å². The Morgan fingerprint density at radius 2 is 2.10 bits per heavy atom. The number of aliphatic hydroxyl groups is 1. The maximum Gasteiger partial charge on any atom is 0.118 e. The van der Waals surface area contributed by atoms with Crippen LogP contribution in [0.25, 0.3) is 0 Å². The predicted octanol–water partition coefficient (Wildman–Crippen LogP) is 3.10. The number of ether oxygens (including phenoxy) is 2. The Balaban J connectivity index is 1.87. The van der Waals surface area contributed by atoms with E-state index in [1.165, 1.54) is 11.1 Å².